The van der Waals surface area contributed by atoms with Crippen LogP contribution in [0.15, 0.2) is 65.7 Å². The molecule has 0 radical (unpaired) electrons. The summed E-state index contributed by atoms with van der Waals surface area (Å²) in [6, 6.07) is 4.66. The molecule has 6 N–H and O–H groups in total. The average Bonchev–Trinajstić information content (AvgIpc) is 2.71. The lowest BCUT2D eigenvalue weighted by atomic mass is 10.1. The molecule has 7 nitrogen and oxygen atoms in total. The van der Waals surface area contributed by atoms with Crippen molar-refractivity contribution >= 4 is 11.7 Å². The monoisotopic (exact) mass is 403 g/mol. The second-order valence-electron chi connectivity index (χ2n) is 5.78. The van der Waals surface area contributed by atoms with Crippen molar-refractivity contribution in [1.82, 2.24) is 15.0 Å². The Bertz CT molecular complexity index is 876. The second-order valence-corrected chi connectivity index (χ2v) is 5.78. The van der Waals surface area contributed by atoms with E-state index in [2.05, 4.69) is 15.1 Å². The quantitative estimate of drug-likeness (QED) is 0.230. The molecule has 0 aromatic carbocycles. The van der Waals surface area contributed by atoms with Gasteiger partial charge in [-0.3, -0.25) is 9.99 Å². The number of pyridine rings is 2. The summed E-state index contributed by atoms with van der Waals surface area (Å²) in [5, 5.41) is 4.81. The van der Waals surface area contributed by atoms with Crippen molar-refractivity contribution in [3.63, 3.8) is 0 Å². The molecule has 0 amide bonds. The largest absolute Gasteiger partial charge is 0.383 e. The minimum Gasteiger partial charge on any atom is -0.383 e. The van der Waals surface area contributed by atoms with Crippen molar-refractivity contribution in [2.45, 2.75) is 33.7 Å². The fraction of sp³-hybridized carbons (Fsp3) is 0.250. The molecule has 9 heteroatoms. The lowest BCUT2D eigenvalue weighted by molar-refractivity contribution is 0.388. The van der Waals surface area contributed by atoms with Crippen molar-refractivity contribution in [2.24, 2.45) is 16.8 Å². The van der Waals surface area contributed by atoms with E-state index in [0.717, 1.165) is 35.2 Å². The summed E-state index contributed by atoms with van der Waals surface area (Å²) in [5.41, 5.74) is 7.87. The number of hydrazone groups is 1. The average molecular weight is 403 g/mol. The molecule has 2 aromatic heterocycles. The first kappa shape index (κ1) is 23.7. The zero-order valence-electron chi connectivity index (χ0n) is 17.0. The van der Waals surface area contributed by atoms with E-state index in [-0.39, 0.29) is 11.7 Å². The molecule has 2 rings (SSSR count). The molecule has 0 spiro atoms. The fourth-order valence-corrected chi connectivity index (χ4v) is 2.36. The van der Waals surface area contributed by atoms with Crippen LogP contribution in [0.4, 0.5) is 14.6 Å². The molecule has 2 aromatic rings. The Hall–Kier alpha value is -3.33. The number of nitrogen functional groups attached to an aromatic ring is 1. The van der Waals surface area contributed by atoms with Crippen molar-refractivity contribution in [3.05, 3.63) is 66.2 Å². The van der Waals surface area contributed by atoms with E-state index < -0.39 is 17.7 Å². The van der Waals surface area contributed by atoms with Crippen molar-refractivity contribution in [3.8, 4) is 11.1 Å². The number of hydrazine groups is 1. The zero-order valence-corrected chi connectivity index (χ0v) is 17.0. The third-order valence-electron chi connectivity index (χ3n) is 3.70. The van der Waals surface area contributed by atoms with E-state index in [9.17, 15) is 8.78 Å². The smallest absolute Gasteiger partial charge is 0.173 e. The number of aromatic nitrogens is 2. The predicted octanol–water partition coefficient (Wildman–Crippen LogP) is 3.66. The third kappa shape index (κ3) is 6.65. The summed E-state index contributed by atoms with van der Waals surface area (Å²) in [6.45, 7) is 6.74. The third-order valence-corrected chi connectivity index (χ3v) is 3.70. The Morgan fingerprint density at radius 1 is 1.24 bits per heavy atom. The number of nitrogens with two attached hydrogens (primary N) is 3. The van der Waals surface area contributed by atoms with Gasteiger partial charge < -0.3 is 11.6 Å². The second kappa shape index (κ2) is 11.5. The van der Waals surface area contributed by atoms with Crippen molar-refractivity contribution in [1.29, 1.82) is 0 Å². The molecule has 0 saturated heterocycles. The summed E-state index contributed by atoms with van der Waals surface area (Å²) in [5.74, 6) is 10.4. The van der Waals surface area contributed by atoms with Crippen LogP contribution < -0.4 is 17.4 Å². The van der Waals surface area contributed by atoms with Gasteiger partial charge in [0.05, 0.1) is 17.4 Å². The van der Waals surface area contributed by atoms with Gasteiger partial charge in [0.15, 0.2) is 5.84 Å². The maximum atomic E-state index is 13.7. The Labute approximate surface area is 169 Å². The van der Waals surface area contributed by atoms with Crippen LogP contribution in [0.5, 0.6) is 0 Å². The van der Waals surface area contributed by atoms with Gasteiger partial charge in [-0.1, -0.05) is 19.9 Å². The van der Waals surface area contributed by atoms with E-state index in [0.29, 0.717) is 5.56 Å². The zero-order chi connectivity index (χ0) is 22.0. The van der Waals surface area contributed by atoms with Gasteiger partial charge in [0.25, 0.3) is 0 Å². The van der Waals surface area contributed by atoms with E-state index in [1.807, 2.05) is 19.9 Å². The van der Waals surface area contributed by atoms with E-state index in [1.54, 1.807) is 37.6 Å². The number of halogens is 2. The molecule has 0 fully saturated rings. The standard InChI is InChI=1S/C18H21F2N7.C2H6/c1-11(19)6-15(20)7-12(2)27(23)18(26-22)16-8-14(10-25-17(16)21)13-4-3-5-24-9-13;1-2/h3-10,12H,22-23H2,1-2H3,(H2,21,25);1-2H3/b11-6+,15-7+,26-18-;. The molecule has 156 valence electrons. The van der Waals surface area contributed by atoms with Gasteiger partial charge in [-0.15, -0.1) is 0 Å². The van der Waals surface area contributed by atoms with Crippen LogP contribution in [-0.4, -0.2) is 26.9 Å². The van der Waals surface area contributed by atoms with Crippen molar-refractivity contribution in [2.75, 3.05) is 5.73 Å². The Morgan fingerprint density at radius 3 is 2.48 bits per heavy atom. The van der Waals surface area contributed by atoms with Gasteiger partial charge in [-0.25, -0.2) is 19.6 Å². The van der Waals surface area contributed by atoms with E-state index >= 15 is 0 Å². The van der Waals surface area contributed by atoms with Gasteiger partial charge in [0.1, 0.15) is 11.6 Å². The van der Waals surface area contributed by atoms with Crippen LogP contribution in [0.2, 0.25) is 0 Å². The first-order valence-corrected chi connectivity index (χ1v) is 9.02. The summed E-state index contributed by atoms with van der Waals surface area (Å²) in [4.78, 5) is 8.21. The Morgan fingerprint density at radius 2 is 1.93 bits per heavy atom. The van der Waals surface area contributed by atoms with Crippen LogP contribution in [0, 0.1) is 0 Å². The van der Waals surface area contributed by atoms with Crippen LogP contribution in [0.1, 0.15) is 33.3 Å². The normalized spacial score (nSPS) is 13.4. The number of hydrogen-bond donors (Lipinski definition) is 3. The SMILES string of the molecule is C/C(F)=C\C(F)=C/C(C)N(N)/C(=N\N)c1cc(-c2cccnc2)cnc1N.CC. The maximum absolute atomic E-state index is 13.7. The molecule has 0 saturated carbocycles. The summed E-state index contributed by atoms with van der Waals surface area (Å²) < 4.78 is 26.6. The lowest BCUT2D eigenvalue weighted by Gasteiger charge is -2.25. The van der Waals surface area contributed by atoms with Gasteiger partial charge in [-0.05, 0) is 32.1 Å². The molecule has 0 aliphatic heterocycles. The van der Waals surface area contributed by atoms with Crippen LogP contribution in [0.3, 0.4) is 0 Å². The minimum absolute atomic E-state index is 0.100. The van der Waals surface area contributed by atoms with Gasteiger partial charge >= 0.3 is 0 Å². The number of rotatable bonds is 5. The van der Waals surface area contributed by atoms with Gasteiger partial charge in [0.2, 0.25) is 0 Å². The highest BCUT2D eigenvalue weighted by atomic mass is 19.1. The van der Waals surface area contributed by atoms with Crippen LogP contribution in [0.25, 0.3) is 11.1 Å². The predicted molar refractivity (Wildman–Crippen MR) is 113 cm³/mol. The van der Waals surface area contributed by atoms with E-state index in [1.165, 1.54) is 0 Å². The van der Waals surface area contributed by atoms with E-state index in [4.69, 9.17) is 17.4 Å². The van der Waals surface area contributed by atoms with Gasteiger partial charge in [0, 0.05) is 35.8 Å². The highest BCUT2D eigenvalue weighted by molar-refractivity contribution is 6.03. The molecule has 0 bridgehead atoms. The number of hydrogen-bond acceptors (Lipinski definition) is 6. The number of nitrogens with zero attached hydrogens (tertiary/aromatic N) is 4. The molecular formula is C20H27F2N7. The van der Waals surface area contributed by atoms with Crippen LogP contribution >= 0.6 is 0 Å². The highest BCUT2D eigenvalue weighted by Gasteiger charge is 2.19. The summed E-state index contributed by atoms with van der Waals surface area (Å²) >= 11 is 0. The molecular weight excluding hydrogens is 376 g/mol. The highest BCUT2D eigenvalue weighted by Crippen LogP contribution is 2.22. The van der Waals surface area contributed by atoms with Crippen molar-refractivity contribution < 1.29 is 8.78 Å². The summed E-state index contributed by atoms with van der Waals surface area (Å²) in [7, 11) is 0. The lowest BCUT2D eigenvalue weighted by Crippen LogP contribution is -2.44. The summed E-state index contributed by atoms with van der Waals surface area (Å²) in [6.07, 6.45) is 6.79. The first-order valence-electron chi connectivity index (χ1n) is 9.02. The topological polar surface area (TPSA) is 119 Å². The molecule has 0 aliphatic carbocycles. The molecule has 0 aliphatic rings. The molecule has 1 atom stereocenters. The number of allylic oxidation sites excluding steroid dienone is 3. The molecule has 1 unspecified atom stereocenters. The molecule has 29 heavy (non-hydrogen) atoms. The Kier molecular flexibility index (Phi) is 9.40. The maximum Gasteiger partial charge on any atom is 0.173 e. The molecule has 2 heterocycles. The van der Waals surface area contributed by atoms with Gasteiger partial charge in [-0.2, -0.15) is 5.10 Å². The fourth-order valence-electron chi connectivity index (χ4n) is 2.36. The number of amidine groups is 1. The van der Waals surface area contributed by atoms with Crippen LogP contribution in [-0.2, 0) is 0 Å². The first-order chi connectivity index (χ1) is 13.8. The number of anilines is 1. The minimum atomic E-state index is -0.774. The Balaban J connectivity index is 0.00000204.